The van der Waals surface area contributed by atoms with Crippen LogP contribution in [0.4, 0.5) is 0 Å². The SMILES string of the molecule is CCCCCCC(O)C(O)CC(O)C1CCNC1. The molecule has 0 aromatic carbocycles. The molecule has 0 aliphatic carbocycles. The fraction of sp³-hybridized carbons (Fsp3) is 1.00. The van der Waals surface area contributed by atoms with Crippen molar-refractivity contribution in [2.75, 3.05) is 13.1 Å². The highest BCUT2D eigenvalue weighted by molar-refractivity contribution is 4.81. The van der Waals surface area contributed by atoms with Gasteiger partial charge in [-0.25, -0.2) is 0 Å². The van der Waals surface area contributed by atoms with Gasteiger partial charge in [-0.1, -0.05) is 32.6 Å². The van der Waals surface area contributed by atoms with E-state index >= 15 is 0 Å². The standard InChI is InChI=1S/C14H29NO3/c1-2-3-4-5-6-12(16)14(18)9-13(17)11-7-8-15-10-11/h11-18H,2-10H2,1H3. The molecule has 4 atom stereocenters. The Morgan fingerprint density at radius 1 is 1.11 bits per heavy atom. The number of nitrogens with one attached hydrogen (secondary N) is 1. The molecule has 4 heteroatoms. The zero-order valence-corrected chi connectivity index (χ0v) is 11.5. The van der Waals surface area contributed by atoms with Crippen molar-refractivity contribution in [2.45, 2.75) is 70.2 Å². The van der Waals surface area contributed by atoms with Crippen LogP contribution in [0.25, 0.3) is 0 Å². The Balaban J connectivity index is 2.15. The second kappa shape index (κ2) is 8.86. The molecule has 1 heterocycles. The molecule has 1 saturated heterocycles. The zero-order chi connectivity index (χ0) is 13.4. The first-order chi connectivity index (χ1) is 8.65. The van der Waals surface area contributed by atoms with E-state index in [0.29, 0.717) is 12.8 Å². The Morgan fingerprint density at radius 2 is 1.89 bits per heavy atom. The van der Waals surface area contributed by atoms with Crippen molar-refractivity contribution >= 4 is 0 Å². The molecule has 0 bridgehead atoms. The maximum Gasteiger partial charge on any atom is 0.0823 e. The Morgan fingerprint density at radius 3 is 2.50 bits per heavy atom. The van der Waals surface area contributed by atoms with Gasteiger partial charge in [-0.15, -0.1) is 0 Å². The molecular formula is C14H29NO3. The zero-order valence-electron chi connectivity index (χ0n) is 11.5. The Labute approximate surface area is 110 Å². The summed E-state index contributed by atoms with van der Waals surface area (Å²) in [5.41, 5.74) is 0. The van der Waals surface area contributed by atoms with E-state index in [9.17, 15) is 15.3 Å². The van der Waals surface area contributed by atoms with Crippen LogP contribution in [-0.2, 0) is 0 Å². The van der Waals surface area contributed by atoms with Gasteiger partial charge in [0, 0.05) is 13.0 Å². The molecule has 4 unspecified atom stereocenters. The van der Waals surface area contributed by atoms with Gasteiger partial charge in [0.2, 0.25) is 0 Å². The number of hydrogen-bond donors (Lipinski definition) is 4. The maximum atomic E-state index is 9.97. The largest absolute Gasteiger partial charge is 0.393 e. The molecule has 108 valence electrons. The molecule has 4 N–H and O–H groups in total. The summed E-state index contributed by atoms with van der Waals surface area (Å²) in [6.45, 7) is 3.91. The van der Waals surface area contributed by atoms with Crippen molar-refractivity contribution < 1.29 is 15.3 Å². The minimum absolute atomic E-state index is 0.229. The summed E-state index contributed by atoms with van der Waals surface area (Å²) in [6, 6.07) is 0. The molecule has 0 radical (unpaired) electrons. The number of aliphatic hydroxyl groups excluding tert-OH is 3. The van der Waals surface area contributed by atoms with Gasteiger partial charge < -0.3 is 20.6 Å². The van der Waals surface area contributed by atoms with E-state index in [1.807, 2.05) is 0 Å². The van der Waals surface area contributed by atoms with Gasteiger partial charge in [-0.2, -0.15) is 0 Å². The summed E-state index contributed by atoms with van der Waals surface area (Å²) >= 11 is 0. The minimum Gasteiger partial charge on any atom is -0.393 e. The molecule has 0 amide bonds. The van der Waals surface area contributed by atoms with E-state index in [-0.39, 0.29) is 5.92 Å². The molecule has 18 heavy (non-hydrogen) atoms. The highest BCUT2D eigenvalue weighted by atomic mass is 16.3. The van der Waals surface area contributed by atoms with Gasteiger partial charge in [-0.3, -0.25) is 0 Å². The molecule has 4 nitrogen and oxygen atoms in total. The van der Waals surface area contributed by atoms with Gasteiger partial charge in [0.25, 0.3) is 0 Å². The number of aliphatic hydroxyl groups is 3. The van der Waals surface area contributed by atoms with Crippen molar-refractivity contribution in [3.8, 4) is 0 Å². The molecule has 1 aliphatic heterocycles. The lowest BCUT2D eigenvalue weighted by molar-refractivity contribution is -0.0267. The summed E-state index contributed by atoms with van der Waals surface area (Å²) in [6.07, 6.45) is 4.32. The van der Waals surface area contributed by atoms with Crippen LogP contribution < -0.4 is 5.32 Å². The van der Waals surface area contributed by atoms with Gasteiger partial charge in [0.15, 0.2) is 0 Å². The fourth-order valence-corrected chi connectivity index (χ4v) is 2.57. The predicted octanol–water partition coefficient (Wildman–Crippen LogP) is 1.04. The van der Waals surface area contributed by atoms with E-state index in [2.05, 4.69) is 12.2 Å². The summed E-state index contributed by atoms with van der Waals surface area (Å²) in [7, 11) is 0. The summed E-state index contributed by atoms with van der Waals surface area (Å²) < 4.78 is 0. The molecule has 1 rings (SSSR count). The molecule has 1 aliphatic rings. The fourth-order valence-electron chi connectivity index (χ4n) is 2.57. The van der Waals surface area contributed by atoms with E-state index < -0.39 is 18.3 Å². The van der Waals surface area contributed by atoms with Gasteiger partial charge >= 0.3 is 0 Å². The van der Waals surface area contributed by atoms with Crippen molar-refractivity contribution in [1.82, 2.24) is 5.32 Å². The van der Waals surface area contributed by atoms with E-state index in [1.165, 1.54) is 12.8 Å². The van der Waals surface area contributed by atoms with Crippen molar-refractivity contribution in [3.63, 3.8) is 0 Å². The second-order valence-electron chi connectivity index (χ2n) is 5.54. The van der Waals surface area contributed by atoms with Crippen LogP contribution in [0.2, 0.25) is 0 Å². The topological polar surface area (TPSA) is 72.7 Å². The average Bonchev–Trinajstić information content (AvgIpc) is 2.88. The molecule has 0 spiro atoms. The number of rotatable bonds is 9. The summed E-state index contributed by atoms with van der Waals surface area (Å²) in [4.78, 5) is 0. The molecule has 0 saturated carbocycles. The maximum absolute atomic E-state index is 9.97. The number of unbranched alkanes of at least 4 members (excludes halogenated alkanes) is 3. The van der Waals surface area contributed by atoms with Crippen LogP contribution in [0.1, 0.15) is 51.9 Å². The molecule has 1 fully saturated rings. The summed E-state index contributed by atoms with van der Waals surface area (Å²) in [5.74, 6) is 0.229. The van der Waals surface area contributed by atoms with E-state index in [0.717, 1.165) is 32.4 Å². The molecule has 0 aromatic rings. The third-order valence-corrected chi connectivity index (χ3v) is 3.92. The first kappa shape index (κ1) is 15.9. The first-order valence-electron chi connectivity index (χ1n) is 7.40. The Bertz CT molecular complexity index is 207. The third kappa shape index (κ3) is 5.65. The van der Waals surface area contributed by atoms with Gasteiger partial charge in [-0.05, 0) is 25.3 Å². The van der Waals surface area contributed by atoms with Crippen LogP contribution in [0.3, 0.4) is 0 Å². The van der Waals surface area contributed by atoms with Crippen LogP contribution in [-0.4, -0.2) is 46.7 Å². The highest BCUT2D eigenvalue weighted by Crippen LogP contribution is 2.19. The quantitative estimate of drug-likeness (QED) is 0.467. The number of hydrogen-bond acceptors (Lipinski definition) is 4. The Kier molecular flexibility index (Phi) is 7.82. The molecule has 0 aromatic heterocycles. The van der Waals surface area contributed by atoms with Crippen LogP contribution in [0.5, 0.6) is 0 Å². The third-order valence-electron chi connectivity index (χ3n) is 3.92. The molecular weight excluding hydrogens is 230 g/mol. The van der Waals surface area contributed by atoms with Crippen LogP contribution in [0, 0.1) is 5.92 Å². The smallest absolute Gasteiger partial charge is 0.0823 e. The minimum atomic E-state index is -0.790. The monoisotopic (exact) mass is 259 g/mol. The van der Waals surface area contributed by atoms with Crippen molar-refractivity contribution in [3.05, 3.63) is 0 Å². The normalized spacial score (nSPS) is 25.0. The average molecular weight is 259 g/mol. The highest BCUT2D eigenvalue weighted by Gasteiger charge is 2.27. The first-order valence-corrected chi connectivity index (χ1v) is 7.40. The van der Waals surface area contributed by atoms with Crippen molar-refractivity contribution in [1.29, 1.82) is 0 Å². The van der Waals surface area contributed by atoms with Gasteiger partial charge in [0.05, 0.1) is 18.3 Å². The van der Waals surface area contributed by atoms with Gasteiger partial charge in [0.1, 0.15) is 0 Å². The van der Waals surface area contributed by atoms with E-state index in [4.69, 9.17) is 0 Å². The van der Waals surface area contributed by atoms with E-state index in [1.54, 1.807) is 0 Å². The summed E-state index contributed by atoms with van der Waals surface area (Å²) in [5, 5.41) is 32.9. The predicted molar refractivity (Wildman–Crippen MR) is 72.4 cm³/mol. The Hall–Kier alpha value is -0.160. The second-order valence-corrected chi connectivity index (χ2v) is 5.54. The van der Waals surface area contributed by atoms with Crippen molar-refractivity contribution in [2.24, 2.45) is 5.92 Å². The lowest BCUT2D eigenvalue weighted by atomic mass is 9.93. The van der Waals surface area contributed by atoms with Crippen LogP contribution in [0.15, 0.2) is 0 Å². The van der Waals surface area contributed by atoms with Crippen LogP contribution >= 0.6 is 0 Å². The lowest BCUT2D eigenvalue weighted by Gasteiger charge is -2.23. The lowest BCUT2D eigenvalue weighted by Crippen LogP contribution is -2.33.